The van der Waals surface area contributed by atoms with Crippen LogP contribution in [0.5, 0.6) is 5.88 Å². The summed E-state index contributed by atoms with van der Waals surface area (Å²) in [6, 6.07) is 3.39. The molecule has 6 rings (SSSR count). The smallest absolute Gasteiger partial charge is 0.257 e. The van der Waals surface area contributed by atoms with Gasteiger partial charge in [0.1, 0.15) is 18.8 Å². The van der Waals surface area contributed by atoms with Crippen LogP contribution in [0, 0.1) is 5.92 Å². The first-order valence-corrected chi connectivity index (χ1v) is 13.4. The van der Waals surface area contributed by atoms with Crippen molar-refractivity contribution < 1.29 is 23.9 Å². The van der Waals surface area contributed by atoms with Gasteiger partial charge in [0.05, 0.1) is 18.2 Å². The summed E-state index contributed by atoms with van der Waals surface area (Å²) in [5.41, 5.74) is 0.370. The maximum absolute atomic E-state index is 13.3. The van der Waals surface area contributed by atoms with Gasteiger partial charge in [-0.15, -0.1) is 0 Å². The minimum absolute atomic E-state index is 0.0478. The van der Waals surface area contributed by atoms with Crippen LogP contribution in [0.4, 0.5) is 0 Å². The van der Waals surface area contributed by atoms with Crippen molar-refractivity contribution in [3.05, 3.63) is 23.9 Å². The largest absolute Gasteiger partial charge is 0.475 e. The topological polar surface area (TPSA) is 104 Å². The van der Waals surface area contributed by atoms with E-state index < -0.39 is 0 Å². The Morgan fingerprint density at radius 1 is 1.03 bits per heavy atom. The van der Waals surface area contributed by atoms with Crippen LogP contribution in [0.25, 0.3) is 0 Å². The minimum atomic E-state index is -0.328. The van der Waals surface area contributed by atoms with E-state index in [0.29, 0.717) is 44.3 Å². The summed E-state index contributed by atoms with van der Waals surface area (Å²) in [6.45, 7) is 2.89. The zero-order chi connectivity index (χ0) is 24.6. The molecule has 4 heterocycles. The third-order valence-corrected chi connectivity index (χ3v) is 8.34. The predicted octanol–water partition coefficient (Wildman–Crippen LogP) is 0.665. The lowest BCUT2D eigenvalue weighted by molar-refractivity contribution is -0.149. The third kappa shape index (κ3) is 4.80. The summed E-state index contributed by atoms with van der Waals surface area (Å²) in [6.07, 6.45) is 8.01. The Balaban J connectivity index is 1.25. The molecule has 36 heavy (non-hydrogen) atoms. The molecule has 2 saturated carbocycles. The number of piperazine rings is 1. The summed E-state index contributed by atoms with van der Waals surface area (Å²) >= 11 is 0. The second-order valence-electron chi connectivity index (χ2n) is 10.8. The van der Waals surface area contributed by atoms with E-state index in [0.717, 1.165) is 12.8 Å². The van der Waals surface area contributed by atoms with E-state index in [1.807, 2.05) is 4.90 Å². The van der Waals surface area contributed by atoms with Gasteiger partial charge >= 0.3 is 0 Å². The summed E-state index contributed by atoms with van der Waals surface area (Å²) in [7, 11) is 0. The van der Waals surface area contributed by atoms with E-state index in [1.165, 1.54) is 25.7 Å². The molecule has 0 bridgehead atoms. The first-order valence-electron chi connectivity index (χ1n) is 13.4. The number of ether oxygens (including phenoxy) is 2. The maximum atomic E-state index is 13.3. The summed E-state index contributed by atoms with van der Waals surface area (Å²) in [5.74, 6) is 0.184. The van der Waals surface area contributed by atoms with E-state index in [2.05, 4.69) is 15.2 Å². The van der Waals surface area contributed by atoms with Crippen molar-refractivity contribution in [2.24, 2.45) is 5.92 Å². The van der Waals surface area contributed by atoms with Crippen molar-refractivity contribution in [1.29, 1.82) is 0 Å². The summed E-state index contributed by atoms with van der Waals surface area (Å²) < 4.78 is 12.3. The average molecular weight is 498 g/mol. The molecule has 0 aromatic carbocycles. The van der Waals surface area contributed by atoms with Gasteiger partial charge in [-0.3, -0.25) is 19.3 Å². The van der Waals surface area contributed by atoms with Crippen molar-refractivity contribution in [2.75, 3.05) is 45.9 Å². The summed E-state index contributed by atoms with van der Waals surface area (Å²) in [4.78, 5) is 49.7. The molecule has 10 heteroatoms. The van der Waals surface area contributed by atoms with Crippen LogP contribution in [-0.2, 0) is 14.3 Å². The van der Waals surface area contributed by atoms with Crippen LogP contribution in [0.15, 0.2) is 18.3 Å². The zero-order valence-corrected chi connectivity index (χ0v) is 20.6. The molecule has 4 fully saturated rings. The minimum Gasteiger partial charge on any atom is -0.475 e. The van der Waals surface area contributed by atoms with Gasteiger partial charge in [-0.05, 0) is 37.8 Å². The number of carbonyl (C=O) groups excluding carboxylic acids is 3. The molecule has 1 N–H and O–H groups in total. The molecule has 2 saturated heterocycles. The van der Waals surface area contributed by atoms with Gasteiger partial charge in [-0.25, -0.2) is 4.98 Å². The Morgan fingerprint density at radius 2 is 1.86 bits per heavy atom. The van der Waals surface area contributed by atoms with Crippen LogP contribution in [0.2, 0.25) is 0 Å². The van der Waals surface area contributed by atoms with Gasteiger partial charge in [0.2, 0.25) is 17.7 Å². The first kappa shape index (κ1) is 23.7. The molecule has 0 radical (unpaired) electrons. The molecule has 5 aliphatic rings. The van der Waals surface area contributed by atoms with Crippen LogP contribution in [0.1, 0.15) is 48.9 Å². The molecule has 1 aromatic rings. The van der Waals surface area contributed by atoms with Crippen molar-refractivity contribution in [3.63, 3.8) is 0 Å². The van der Waals surface area contributed by atoms with Gasteiger partial charge in [0.15, 0.2) is 0 Å². The number of hydrogen-bond acceptors (Lipinski definition) is 7. The number of aromatic nitrogens is 1. The van der Waals surface area contributed by atoms with Gasteiger partial charge < -0.3 is 24.6 Å². The van der Waals surface area contributed by atoms with Crippen molar-refractivity contribution in [2.45, 2.75) is 62.8 Å². The molecule has 3 atom stereocenters. The third-order valence-electron chi connectivity index (χ3n) is 8.34. The number of rotatable bonds is 2. The fourth-order valence-electron chi connectivity index (χ4n) is 6.15. The molecular weight excluding hydrogens is 462 g/mol. The first-order chi connectivity index (χ1) is 17.6. The molecule has 10 nitrogen and oxygen atoms in total. The Kier molecular flexibility index (Phi) is 6.55. The number of nitrogens with one attached hydrogen (secondary N) is 1. The molecule has 2 aliphatic carbocycles. The molecule has 1 aromatic heterocycles. The molecular formula is C26H35N5O5. The Labute approximate surface area is 211 Å². The van der Waals surface area contributed by atoms with Crippen LogP contribution in [-0.4, -0.2) is 108 Å². The highest BCUT2D eigenvalue weighted by molar-refractivity contribution is 5.96. The number of likely N-dealkylation sites (tertiary alicyclic amines) is 1. The van der Waals surface area contributed by atoms with Crippen molar-refractivity contribution in [1.82, 2.24) is 25.0 Å². The molecule has 0 spiro atoms. The highest BCUT2D eigenvalue weighted by Crippen LogP contribution is 2.32. The standard InChI is InChI=1S/C26H35N5O5/c32-23-16-35-22-14-30(18-4-1-2-5-18)13-21(22)28-24(33)20-6-3-9-27-25(20)36-15-19-12-29(10-11-31(19)23)26(34)17-7-8-17/h3,6,9,17-19,21-22H,1-2,4-5,7-8,10-16H2,(H,28,33)/t19-,21+,22-/m0/s1. The van der Waals surface area contributed by atoms with Crippen molar-refractivity contribution in [3.8, 4) is 5.88 Å². The Morgan fingerprint density at radius 3 is 2.67 bits per heavy atom. The average Bonchev–Trinajstić information content (AvgIpc) is 3.44. The monoisotopic (exact) mass is 497 g/mol. The fraction of sp³-hybridized carbons (Fsp3) is 0.692. The number of nitrogens with zero attached hydrogens (tertiary/aromatic N) is 4. The lowest BCUT2D eigenvalue weighted by Gasteiger charge is -2.41. The predicted molar refractivity (Wildman–Crippen MR) is 129 cm³/mol. The lowest BCUT2D eigenvalue weighted by atomic mass is 10.1. The van der Waals surface area contributed by atoms with Crippen LogP contribution < -0.4 is 10.1 Å². The van der Waals surface area contributed by atoms with Gasteiger partial charge in [-0.2, -0.15) is 0 Å². The van der Waals surface area contributed by atoms with Crippen molar-refractivity contribution >= 4 is 17.7 Å². The highest BCUT2D eigenvalue weighted by atomic mass is 16.5. The molecule has 0 unspecified atom stereocenters. The normalized spacial score (nSPS) is 30.3. The maximum Gasteiger partial charge on any atom is 0.257 e. The Hall–Kier alpha value is -2.72. The quantitative estimate of drug-likeness (QED) is 0.640. The van der Waals surface area contributed by atoms with Crippen LogP contribution in [0.3, 0.4) is 0 Å². The zero-order valence-electron chi connectivity index (χ0n) is 20.6. The van der Waals surface area contributed by atoms with E-state index in [4.69, 9.17) is 9.47 Å². The van der Waals surface area contributed by atoms with Crippen LogP contribution >= 0.6 is 0 Å². The number of pyridine rings is 1. The van der Waals surface area contributed by atoms with E-state index in [1.54, 1.807) is 23.2 Å². The van der Waals surface area contributed by atoms with E-state index >= 15 is 0 Å². The molecule has 194 valence electrons. The number of amides is 3. The SMILES string of the molecule is O=C1N[C@@H]2CN(C3CCCC3)C[C@@H]2OCC(=O)N2CCN(C(=O)C3CC3)C[C@H]2COc2ncccc21. The lowest BCUT2D eigenvalue weighted by Crippen LogP contribution is -2.59. The number of carbonyl (C=O) groups is 3. The van der Waals surface area contributed by atoms with E-state index in [-0.39, 0.29) is 60.9 Å². The number of hydrogen-bond donors (Lipinski definition) is 1. The molecule has 3 aliphatic heterocycles. The van der Waals surface area contributed by atoms with Gasteiger partial charge in [-0.1, -0.05) is 12.8 Å². The summed E-state index contributed by atoms with van der Waals surface area (Å²) in [5, 5.41) is 3.14. The van der Waals surface area contributed by atoms with Gasteiger partial charge in [0.25, 0.3) is 5.91 Å². The highest BCUT2D eigenvalue weighted by Gasteiger charge is 2.42. The van der Waals surface area contributed by atoms with Gasteiger partial charge in [0, 0.05) is 50.9 Å². The number of fused-ring (bicyclic) bond motifs is 3. The second-order valence-corrected chi connectivity index (χ2v) is 10.8. The second kappa shape index (κ2) is 9.97. The molecule has 3 amide bonds. The Bertz CT molecular complexity index is 1010. The fourth-order valence-corrected chi connectivity index (χ4v) is 6.15. The van der Waals surface area contributed by atoms with E-state index in [9.17, 15) is 14.4 Å².